The summed E-state index contributed by atoms with van der Waals surface area (Å²) in [5.41, 5.74) is 3.50. The quantitative estimate of drug-likeness (QED) is 0.266. The van der Waals surface area contributed by atoms with Gasteiger partial charge in [0.05, 0.1) is 17.7 Å². The summed E-state index contributed by atoms with van der Waals surface area (Å²) in [5, 5.41) is 6.63. The van der Waals surface area contributed by atoms with Crippen LogP contribution in [0.4, 0.5) is 5.69 Å². The van der Waals surface area contributed by atoms with Gasteiger partial charge in [-0.25, -0.2) is 0 Å². The first-order valence-corrected chi connectivity index (χ1v) is 10.6. The zero-order valence-electron chi connectivity index (χ0n) is 15.6. The first kappa shape index (κ1) is 18.3. The Kier molecular flexibility index (Phi) is 4.78. The van der Waals surface area contributed by atoms with E-state index >= 15 is 0 Å². The van der Waals surface area contributed by atoms with Gasteiger partial charge in [-0.05, 0) is 47.3 Å². The van der Waals surface area contributed by atoms with Crippen LogP contribution < -0.4 is 5.01 Å². The van der Waals surface area contributed by atoms with Gasteiger partial charge in [-0.1, -0.05) is 82.1 Å². The summed E-state index contributed by atoms with van der Waals surface area (Å²) in [4.78, 5) is 0. The van der Waals surface area contributed by atoms with Crippen molar-refractivity contribution in [3.8, 4) is 0 Å². The van der Waals surface area contributed by atoms with Crippen molar-refractivity contribution in [2.75, 3.05) is 5.01 Å². The average Bonchev–Trinajstić information content (AvgIpc) is 3.15. The first-order valence-electron chi connectivity index (χ1n) is 9.46. The van der Waals surface area contributed by atoms with Gasteiger partial charge in [0.15, 0.2) is 0 Å². The lowest BCUT2D eigenvalue weighted by molar-refractivity contribution is 0.715. The minimum absolute atomic E-state index is 0.724. The Morgan fingerprint density at radius 1 is 0.793 bits per heavy atom. The summed E-state index contributed by atoms with van der Waals surface area (Å²) in [5.74, 6) is 0. The van der Waals surface area contributed by atoms with Gasteiger partial charge in [-0.15, -0.1) is 0 Å². The monoisotopic (exact) mass is 460 g/mol. The molecule has 2 nitrogen and oxygen atoms in total. The van der Waals surface area contributed by atoms with Crippen LogP contribution in [-0.2, 0) is 6.54 Å². The molecule has 0 unspecified atom stereocenters. The van der Waals surface area contributed by atoms with E-state index in [9.17, 15) is 0 Å². The first-order chi connectivity index (χ1) is 14.2. The molecule has 0 amide bonds. The molecule has 0 radical (unpaired) electrons. The van der Waals surface area contributed by atoms with Crippen LogP contribution in [0.3, 0.4) is 0 Å². The Morgan fingerprint density at radius 3 is 2.48 bits per heavy atom. The van der Waals surface area contributed by atoms with E-state index in [0.717, 1.165) is 32.6 Å². The van der Waals surface area contributed by atoms with E-state index in [1.54, 1.807) is 0 Å². The average molecular weight is 462 g/mol. The summed E-state index contributed by atoms with van der Waals surface area (Å²) < 4.78 is 3.32. The lowest BCUT2D eigenvalue weighted by Gasteiger charge is -2.29. The van der Waals surface area contributed by atoms with E-state index in [-0.39, 0.29) is 0 Å². The number of rotatable bonds is 4. The van der Waals surface area contributed by atoms with Gasteiger partial charge in [0.2, 0.25) is 0 Å². The number of hydrogen-bond acceptors (Lipinski definition) is 1. The summed E-state index contributed by atoms with van der Waals surface area (Å²) in [6, 6.07) is 31.5. The van der Waals surface area contributed by atoms with Gasteiger partial charge < -0.3 is 0 Å². The minimum Gasteiger partial charge on any atom is -0.276 e. The molecule has 0 bridgehead atoms. The largest absolute Gasteiger partial charge is 0.276 e. The number of halogens is 2. The van der Waals surface area contributed by atoms with E-state index in [4.69, 9.17) is 11.6 Å². The van der Waals surface area contributed by atoms with Crippen LogP contribution in [0.2, 0.25) is 5.02 Å². The SMILES string of the molecule is Clc1ccc2c(ccn2N(Cc2ccccc2Br)c2cccc3ccccc23)c1. The molecule has 0 atom stereocenters. The minimum atomic E-state index is 0.724. The highest BCUT2D eigenvalue weighted by atomic mass is 79.9. The number of nitrogens with zero attached hydrogens (tertiary/aromatic N) is 2. The molecule has 0 aliphatic carbocycles. The molecule has 4 heteroatoms. The predicted molar refractivity (Wildman–Crippen MR) is 127 cm³/mol. The van der Waals surface area contributed by atoms with Crippen LogP contribution in [0.25, 0.3) is 21.7 Å². The molecule has 0 fully saturated rings. The van der Waals surface area contributed by atoms with Crippen molar-refractivity contribution in [1.82, 2.24) is 4.68 Å². The van der Waals surface area contributed by atoms with Crippen LogP contribution in [0.1, 0.15) is 5.56 Å². The fourth-order valence-corrected chi connectivity index (χ4v) is 4.40. The maximum absolute atomic E-state index is 6.22. The molecule has 1 heterocycles. The van der Waals surface area contributed by atoms with Crippen molar-refractivity contribution in [3.05, 3.63) is 112 Å². The van der Waals surface area contributed by atoms with Crippen molar-refractivity contribution in [1.29, 1.82) is 0 Å². The van der Waals surface area contributed by atoms with E-state index < -0.39 is 0 Å². The van der Waals surface area contributed by atoms with Crippen LogP contribution >= 0.6 is 27.5 Å². The van der Waals surface area contributed by atoms with E-state index in [1.807, 2.05) is 18.2 Å². The van der Waals surface area contributed by atoms with Gasteiger partial charge in [-0.3, -0.25) is 9.69 Å². The van der Waals surface area contributed by atoms with Crippen molar-refractivity contribution >= 4 is 54.9 Å². The van der Waals surface area contributed by atoms with E-state index in [1.165, 1.54) is 16.3 Å². The molecular formula is C25H18BrClN2. The molecule has 4 aromatic carbocycles. The Labute approximate surface area is 183 Å². The molecule has 29 heavy (non-hydrogen) atoms. The zero-order chi connectivity index (χ0) is 19.8. The maximum atomic E-state index is 6.22. The summed E-state index contributed by atoms with van der Waals surface area (Å²) in [6.45, 7) is 0.724. The van der Waals surface area contributed by atoms with Gasteiger partial charge in [0.25, 0.3) is 0 Å². The van der Waals surface area contributed by atoms with Gasteiger partial charge >= 0.3 is 0 Å². The fourth-order valence-electron chi connectivity index (χ4n) is 3.81. The normalized spacial score (nSPS) is 11.2. The van der Waals surface area contributed by atoms with Crippen molar-refractivity contribution in [2.24, 2.45) is 0 Å². The lowest BCUT2D eigenvalue weighted by Crippen LogP contribution is -2.28. The van der Waals surface area contributed by atoms with Gasteiger partial charge in [0.1, 0.15) is 0 Å². The Hall–Kier alpha value is -2.75. The number of benzene rings is 4. The van der Waals surface area contributed by atoms with Crippen LogP contribution in [-0.4, -0.2) is 4.68 Å². The smallest absolute Gasteiger partial charge is 0.0699 e. The molecule has 142 valence electrons. The molecule has 0 saturated heterocycles. The Bertz CT molecular complexity index is 1320. The number of anilines is 1. The lowest BCUT2D eigenvalue weighted by atomic mass is 10.1. The second kappa shape index (κ2) is 7.58. The van der Waals surface area contributed by atoms with Gasteiger partial charge in [-0.2, -0.15) is 0 Å². The molecule has 0 N–H and O–H groups in total. The van der Waals surface area contributed by atoms with Crippen molar-refractivity contribution in [2.45, 2.75) is 6.54 Å². The topological polar surface area (TPSA) is 8.17 Å². The molecule has 1 aromatic heterocycles. The molecule has 0 spiro atoms. The van der Waals surface area contributed by atoms with Crippen LogP contribution in [0.15, 0.2) is 102 Å². The second-order valence-corrected chi connectivity index (χ2v) is 8.30. The van der Waals surface area contributed by atoms with Crippen LogP contribution in [0, 0.1) is 0 Å². The second-order valence-electron chi connectivity index (χ2n) is 7.01. The summed E-state index contributed by atoms with van der Waals surface area (Å²) in [6.07, 6.45) is 2.11. The van der Waals surface area contributed by atoms with E-state index in [0.29, 0.717) is 0 Å². The Morgan fingerprint density at radius 2 is 1.59 bits per heavy atom. The molecule has 5 aromatic rings. The third-order valence-electron chi connectivity index (χ3n) is 5.21. The number of fused-ring (bicyclic) bond motifs is 2. The number of hydrogen-bond donors (Lipinski definition) is 0. The predicted octanol–water partition coefficient (Wildman–Crippen LogP) is 7.68. The zero-order valence-corrected chi connectivity index (χ0v) is 17.9. The number of aromatic nitrogens is 1. The third-order valence-corrected chi connectivity index (χ3v) is 6.22. The highest BCUT2D eigenvalue weighted by molar-refractivity contribution is 9.10. The molecule has 0 aliphatic heterocycles. The fraction of sp³-hybridized carbons (Fsp3) is 0.0400. The molecular weight excluding hydrogens is 444 g/mol. The van der Waals surface area contributed by atoms with Crippen molar-refractivity contribution < 1.29 is 0 Å². The highest BCUT2D eigenvalue weighted by Gasteiger charge is 2.16. The van der Waals surface area contributed by atoms with Gasteiger partial charge in [0, 0.05) is 26.5 Å². The summed E-state index contributed by atoms with van der Waals surface area (Å²) in [7, 11) is 0. The molecule has 0 aliphatic rings. The Balaban J connectivity index is 1.74. The summed E-state index contributed by atoms with van der Waals surface area (Å²) >= 11 is 9.94. The van der Waals surface area contributed by atoms with Crippen molar-refractivity contribution in [3.63, 3.8) is 0 Å². The molecule has 0 saturated carbocycles. The van der Waals surface area contributed by atoms with Crippen LogP contribution in [0.5, 0.6) is 0 Å². The highest BCUT2D eigenvalue weighted by Crippen LogP contribution is 2.32. The standard InChI is InChI=1S/C25H18BrClN2/c26-23-10-4-2-7-20(23)17-29(25-11-5-8-18-6-1-3-9-22(18)25)28-15-14-19-16-21(27)12-13-24(19)28/h1-16H,17H2. The maximum Gasteiger partial charge on any atom is 0.0699 e. The molecule has 5 rings (SSSR count). The third kappa shape index (κ3) is 3.41. The van der Waals surface area contributed by atoms with E-state index in [2.05, 4.69) is 105 Å².